The maximum absolute atomic E-state index is 2.69. The molecule has 6 aliphatic rings. The molecule has 3 saturated carbocycles. The molecule has 1 unspecified atom stereocenters. The second-order valence-electron chi connectivity index (χ2n) is 24.6. The Hall–Kier alpha value is -0.120. The first-order chi connectivity index (χ1) is 20.9. The maximum atomic E-state index is 2.69. The van der Waals surface area contributed by atoms with Crippen molar-refractivity contribution in [2.75, 3.05) is 39.3 Å². The molecule has 3 heteroatoms. The van der Waals surface area contributed by atoms with Crippen LogP contribution in [0.3, 0.4) is 0 Å². The van der Waals surface area contributed by atoms with Gasteiger partial charge in [-0.25, -0.2) is 0 Å². The average molecular weight is 656 g/mol. The van der Waals surface area contributed by atoms with Crippen molar-refractivity contribution in [3.8, 4) is 0 Å². The lowest BCUT2D eigenvalue weighted by Crippen LogP contribution is -2.67. The van der Waals surface area contributed by atoms with Gasteiger partial charge in [0.1, 0.15) is 0 Å². The van der Waals surface area contributed by atoms with Crippen molar-refractivity contribution < 1.29 is 0 Å². The molecular formula is C44H85N3. The van der Waals surface area contributed by atoms with Crippen LogP contribution in [-0.2, 0) is 0 Å². The second kappa shape index (κ2) is 12.5. The fourth-order valence-corrected chi connectivity index (χ4v) is 10.0. The fraction of sp³-hybridized carbons (Fsp3) is 1.00. The van der Waals surface area contributed by atoms with E-state index < -0.39 is 0 Å². The first-order valence-electron chi connectivity index (χ1n) is 20.1. The lowest BCUT2D eigenvalue weighted by molar-refractivity contribution is -0.150. The van der Waals surface area contributed by atoms with E-state index >= 15 is 0 Å². The summed E-state index contributed by atoms with van der Waals surface area (Å²) < 4.78 is 0. The molecule has 3 nitrogen and oxygen atoms in total. The molecule has 0 N–H and O–H groups in total. The number of rotatable bonds is 0. The minimum atomic E-state index is 0.371. The zero-order valence-electron chi connectivity index (χ0n) is 35.5. The first kappa shape index (κ1) is 39.7. The fourth-order valence-electron chi connectivity index (χ4n) is 10.0. The highest BCUT2D eigenvalue weighted by atomic mass is 15.3. The zero-order valence-corrected chi connectivity index (χ0v) is 35.5. The van der Waals surface area contributed by atoms with Gasteiger partial charge >= 0.3 is 0 Å². The van der Waals surface area contributed by atoms with E-state index in [0.717, 1.165) is 23.2 Å². The van der Waals surface area contributed by atoms with Gasteiger partial charge in [0.15, 0.2) is 0 Å². The molecule has 3 saturated heterocycles. The molecule has 6 rings (SSSR count). The molecule has 1 atom stereocenters. The predicted octanol–water partition coefficient (Wildman–Crippen LogP) is 11.4. The summed E-state index contributed by atoms with van der Waals surface area (Å²) in [6.07, 6.45) is 11.8. The zero-order chi connectivity index (χ0) is 35.9. The van der Waals surface area contributed by atoms with Gasteiger partial charge in [0.25, 0.3) is 0 Å². The van der Waals surface area contributed by atoms with Crippen molar-refractivity contribution in [2.24, 2.45) is 50.2 Å². The van der Waals surface area contributed by atoms with Crippen LogP contribution in [0.15, 0.2) is 0 Å². The van der Waals surface area contributed by atoms with Crippen LogP contribution in [0.5, 0.6) is 0 Å². The van der Waals surface area contributed by atoms with Gasteiger partial charge in [-0.1, -0.05) is 62.3 Å². The van der Waals surface area contributed by atoms with Crippen LogP contribution in [-0.4, -0.2) is 70.6 Å². The highest BCUT2D eigenvalue weighted by molar-refractivity contribution is 5.09. The third-order valence-electron chi connectivity index (χ3n) is 14.5. The molecule has 3 spiro atoms. The third kappa shape index (κ3) is 9.22. The van der Waals surface area contributed by atoms with Crippen molar-refractivity contribution in [3.63, 3.8) is 0 Å². The average Bonchev–Trinajstić information content (AvgIpc) is 3.39. The third-order valence-corrected chi connectivity index (χ3v) is 14.5. The number of hydrogen-bond donors (Lipinski definition) is 0. The van der Waals surface area contributed by atoms with Crippen molar-refractivity contribution in [1.29, 1.82) is 0 Å². The standard InChI is InChI=1S/2C15H29N.C14H27N/c1-13(2,3)12-9-15(10-12)7-8-16(11-15)14(4,5)6;1-13(2,3)12-7-8-15(9-12)10-16(11-15)14(4,5)6;1-12(2,3)11-7-14(8-11)9-15(10-14)13(4,5)6/h2*12H,7-11H2,1-6H3;11H,7-10H2,1-6H3. The molecule has 0 bridgehead atoms. The van der Waals surface area contributed by atoms with E-state index in [1.165, 1.54) is 90.6 Å². The Morgan fingerprint density at radius 2 is 0.681 bits per heavy atom. The predicted molar refractivity (Wildman–Crippen MR) is 207 cm³/mol. The van der Waals surface area contributed by atoms with E-state index in [4.69, 9.17) is 0 Å². The smallest absolute Gasteiger partial charge is 0.0125 e. The topological polar surface area (TPSA) is 9.72 Å². The van der Waals surface area contributed by atoms with Gasteiger partial charge in [-0.2, -0.15) is 0 Å². The molecule has 47 heavy (non-hydrogen) atoms. The Kier molecular flexibility index (Phi) is 10.6. The highest BCUT2D eigenvalue weighted by Crippen LogP contribution is 2.59. The molecular weight excluding hydrogens is 571 g/mol. The van der Waals surface area contributed by atoms with E-state index in [1.54, 1.807) is 0 Å². The van der Waals surface area contributed by atoms with Crippen molar-refractivity contribution in [1.82, 2.24) is 14.7 Å². The monoisotopic (exact) mass is 656 g/mol. The number of nitrogens with zero attached hydrogens (tertiary/aromatic N) is 3. The van der Waals surface area contributed by atoms with Crippen LogP contribution in [0.1, 0.15) is 176 Å². The lowest BCUT2D eigenvalue weighted by Gasteiger charge is -2.65. The lowest BCUT2D eigenvalue weighted by atomic mass is 9.51. The number of hydrogen-bond acceptors (Lipinski definition) is 3. The minimum Gasteiger partial charge on any atom is -0.298 e. The van der Waals surface area contributed by atoms with Gasteiger partial charge in [0.2, 0.25) is 0 Å². The molecule has 0 aromatic carbocycles. The molecule has 0 radical (unpaired) electrons. The molecule has 0 aromatic rings. The summed E-state index contributed by atoms with van der Waals surface area (Å²) in [4.78, 5) is 7.97. The van der Waals surface area contributed by atoms with Gasteiger partial charge in [-0.3, -0.25) is 14.7 Å². The summed E-state index contributed by atoms with van der Waals surface area (Å²) in [5.74, 6) is 2.89. The molecule has 3 aliphatic carbocycles. The summed E-state index contributed by atoms with van der Waals surface area (Å²) >= 11 is 0. The Labute approximate surface area is 296 Å². The molecule has 0 aromatic heterocycles. The maximum Gasteiger partial charge on any atom is 0.0125 e. The Balaban J connectivity index is 0.000000160. The summed E-state index contributed by atoms with van der Waals surface area (Å²) in [6.45, 7) is 50.8. The van der Waals surface area contributed by atoms with Crippen LogP contribution < -0.4 is 0 Å². The summed E-state index contributed by atoms with van der Waals surface area (Å²) in [5, 5.41) is 0. The normalized spacial score (nSPS) is 29.7. The largest absolute Gasteiger partial charge is 0.298 e. The van der Waals surface area contributed by atoms with E-state index in [9.17, 15) is 0 Å². The van der Waals surface area contributed by atoms with Crippen molar-refractivity contribution >= 4 is 0 Å². The van der Waals surface area contributed by atoms with Crippen LogP contribution in [0.4, 0.5) is 0 Å². The number of likely N-dealkylation sites (tertiary alicyclic amines) is 3. The SMILES string of the molecule is CC(C)(C)C1CC2(C1)CN(C(C)(C)C)C2.CC(C)(C)C1CC2(CCN(C(C)(C)C)C2)C1.CC(C)(C)C1CCC2(C1)CN(C(C)(C)C)C2. The molecule has 0 amide bonds. The molecule has 276 valence electrons. The van der Waals surface area contributed by atoms with Gasteiger partial charge in [0, 0.05) is 49.3 Å². The minimum absolute atomic E-state index is 0.371. The quantitative estimate of drug-likeness (QED) is 0.257. The van der Waals surface area contributed by atoms with E-state index in [2.05, 4.69) is 139 Å². The summed E-state index contributed by atoms with van der Waals surface area (Å²) in [5.41, 5.74) is 4.85. The Bertz CT molecular complexity index is 945. The summed E-state index contributed by atoms with van der Waals surface area (Å²) in [7, 11) is 0. The van der Waals surface area contributed by atoms with Gasteiger partial charge in [-0.05, 0) is 170 Å². The Morgan fingerprint density at radius 3 is 1.00 bits per heavy atom. The molecule has 3 aliphatic heterocycles. The van der Waals surface area contributed by atoms with E-state index in [-0.39, 0.29) is 0 Å². The highest BCUT2D eigenvalue weighted by Gasteiger charge is 2.57. The van der Waals surface area contributed by atoms with Crippen molar-refractivity contribution in [2.45, 2.75) is 193 Å². The summed E-state index contributed by atoms with van der Waals surface area (Å²) in [6, 6.07) is 0. The van der Waals surface area contributed by atoms with Crippen LogP contribution in [0.2, 0.25) is 0 Å². The Morgan fingerprint density at radius 1 is 0.362 bits per heavy atom. The van der Waals surface area contributed by atoms with Crippen LogP contribution >= 0.6 is 0 Å². The van der Waals surface area contributed by atoms with Crippen LogP contribution in [0.25, 0.3) is 0 Å². The van der Waals surface area contributed by atoms with Gasteiger partial charge in [-0.15, -0.1) is 0 Å². The van der Waals surface area contributed by atoms with Gasteiger partial charge < -0.3 is 0 Å². The van der Waals surface area contributed by atoms with Gasteiger partial charge in [0.05, 0.1) is 0 Å². The van der Waals surface area contributed by atoms with Crippen LogP contribution in [0, 0.1) is 50.2 Å². The first-order valence-corrected chi connectivity index (χ1v) is 20.1. The second-order valence-corrected chi connectivity index (χ2v) is 24.6. The van der Waals surface area contributed by atoms with E-state index in [1.807, 2.05) is 0 Å². The van der Waals surface area contributed by atoms with E-state index in [0.29, 0.717) is 43.7 Å². The molecule has 3 heterocycles. The van der Waals surface area contributed by atoms with Crippen molar-refractivity contribution in [3.05, 3.63) is 0 Å². The molecule has 6 fully saturated rings.